The van der Waals surface area contributed by atoms with Crippen LogP contribution in [0.3, 0.4) is 0 Å². The summed E-state index contributed by atoms with van der Waals surface area (Å²) in [6, 6.07) is 9.31. The van der Waals surface area contributed by atoms with Crippen LogP contribution in [0.2, 0.25) is 0 Å². The Hall–Kier alpha value is -2.95. The van der Waals surface area contributed by atoms with Gasteiger partial charge in [-0.05, 0) is 61.7 Å². The van der Waals surface area contributed by atoms with E-state index >= 15 is 0 Å². The number of amides is 1. The summed E-state index contributed by atoms with van der Waals surface area (Å²) < 4.78 is 5.91. The summed E-state index contributed by atoms with van der Waals surface area (Å²) in [5, 5.41) is 18.8. The summed E-state index contributed by atoms with van der Waals surface area (Å²) >= 11 is 0. The molecular formula is C23H29N5O2. The van der Waals surface area contributed by atoms with E-state index in [0.717, 1.165) is 30.9 Å². The highest BCUT2D eigenvalue weighted by Gasteiger charge is 2.14. The number of nitriles is 1. The maximum Gasteiger partial charge on any atom is 0.257 e. The van der Waals surface area contributed by atoms with Crippen molar-refractivity contribution in [2.75, 3.05) is 31.6 Å². The standard InChI is InChI=1S/C23H29N5O2/c1-16(2)15-30-22-7-18(12-26-11-17-3-4-25-10-17)6-21(8-22)28-23(29)20-5-19(9-24)13-27-14-20/h5-8,13-14,16-17,25-26H,3-4,10-12,15H2,1-2H3,(H,28,29). The second kappa shape index (κ2) is 10.7. The number of nitrogens with zero attached hydrogens (tertiary/aromatic N) is 2. The molecule has 3 rings (SSSR count). The van der Waals surface area contributed by atoms with Crippen LogP contribution in [0, 0.1) is 23.2 Å². The summed E-state index contributed by atoms with van der Waals surface area (Å²) in [7, 11) is 0. The molecule has 2 heterocycles. The highest BCUT2D eigenvalue weighted by Crippen LogP contribution is 2.23. The molecule has 1 amide bonds. The summed E-state index contributed by atoms with van der Waals surface area (Å²) in [5.74, 6) is 1.48. The molecule has 1 aromatic carbocycles. The number of hydrogen-bond donors (Lipinski definition) is 3. The molecule has 7 nitrogen and oxygen atoms in total. The zero-order valence-corrected chi connectivity index (χ0v) is 17.6. The number of carbonyl (C=O) groups excluding carboxylic acids is 1. The minimum Gasteiger partial charge on any atom is -0.493 e. The zero-order chi connectivity index (χ0) is 21.3. The number of nitrogens with one attached hydrogen (secondary N) is 3. The van der Waals surface area contributed by atoms with E-state index in [4.69, 9.17) is 10.00 Å². The van der Waals surface area contributed by atoms with Gasteiger partial charge in [0.15, 0.2) is 0 Å². The molecule has 1 atom stereocenters. The smallest absolute Gasteiger partial charge is 0.257 e. The van der Waals surface area contributed by atoms with Crippen LogP contribution in [0.15, 0.2) is 36.7 Å². The van der Waals surface area contributed by atoms with Crippen LogP contribution >= 0.6 is 0 Å². The molecule has 1 unspecified atom stereocenters. The van der Waals surface area contributed by atoms with E-state index in [1.807, 2.05) is 24.3 Å². The Balaban J connectivity index is 1.71. The highest BCUT2D eigenvalue weighted by atomic mass is 16.5. The van der Waals surface area contributed by atoms with Crippen LogP contribution in [-0.4, -0.2) is 37.1 Å². The molecular weight excluding hydrogens is 378 g/mol. The number of hydrogen-bond acceptors (Lipinski definition) is 6. The number of ether oxygens (including phenoxy) is 1. The summed E-state index contributed by atoms with van der Waals surface area (Å²) in [5.41, 5.74) is 2.39. The van der Waals surface area contributed by atoms with E-state index in [-0.39, 0.29) is 5.91 Å². The number of benzene rings is 1. The molecule has 158 valence electrons. The second-order valence-corrected chi connectivity index (χ2v) is 8.09. The van der Waals surface area contributed by atoms with Gasteiger partial charge in [0.05, 0.1) is 17.7 Å². The molecule has 2 aromatic rings. The molecule has 0 aliphatic carbocycles. The van der Waals surface area contributed by atoms with Crippen molar-refractivity contribution < 1.29 is 9.53 Å². The lowest BCUT2D eigenvalue weighted by molar-refractivity contribution is 0.102. The average molecular weight is 408 g/mol. The lowest BCUT2D eigenvalue weighted by atomic mass is 10.1. The first kappa shape index (κ1) is 21.8. The van der Waals surface area contributed by atoms with Gasteiger partial charge in [-0.25, -0.2) is 0 Å². The van der Waals surface area contributed by atoms with Gasteiger partial charge in [0, 0.05) is 30.7 Å². The van der Waals surface area contributed by atoms with Crippen molar-refractivity contribution in [3.63, 3.8) is 0 Å². The molecule has 1 saturated heterocycles. The molecule has 7 heteroatoms. The molecule has 30 heavy (non-hydrogen) atoms. The number of rotatable bonds is 9. The Labute approximate surface area is 177 Å². The fourth-order valence-electron chi connectivity index (χ4n) is 3.32. The molecule has 1 aliphatic rings. The predicted octanol–water partition coefficient (Wildman–Crippen LogP) is 2.94. The average Bonchev–Trinajstić information content (AvgIpc) is 3.26. The van der Waals surface area contributed by atoms with Gasteiger partial charge < -0.3 is 20.7 Å². The van der Waals surface area contributed by atoms with Crippen LogP contribution in [-0.2, 0) is 6.54 Å². The van der Waals surface area contributed by atoms with Crippen molar-refractivity contribution >= 4 is 11.6 Å². The largest absolute Gasteiger partial charge is 0.493 e. The maximum atomic E-state index is 12.6. The van der Waals surface area contributed by atoms with Crippen molar-refractivity contribution in [1.29, 1.82) is 5.26 Å². The molecule has 1 aliphatic heterocycles. The van der Waals surface area contributed by atoms with Gasteiger partial charge >= 0.3 is 0 Å². The lowest BCUT2D eigenvalue weighted by Crippen LogP contribution is -2.24. The van der Waals surface area contributed by atoms with Gasteiger partial charge in [0.25, 0.3) is 5.91 Å². The number of carbonyl (C=O) groups is 1. The predicted molar refractivity (Wildman–Crippen MR) is 116 cm³/mol. The third kappa shape index (κ3) is 6.55. The quantitative estimate of drug-likeness (QED) is 0.591. The highest BCUT2D eigenvalue weighted by molar-refractivity contribution is 6.04. The van der Waals surface area contributed by atoms with E-state index in [1.54, 1.807) is 0 Å². The topological polar surface area (TPSA) is 99.1 Å². The first-order valence-corrected chi connectivity index (χ1v) is 10.4. The van der Waals surface area contributed by atoms with Crippen molar-refractivity contribution in [2.24, 2.45) is 11.8 Å². The number of pyridine rings is 1. The summed E-state index contributed by atoms with van der Waals surface area (Å²) in [4.78, 5) is 16.6. The molecule has 0 bridgehead atoms. The van der Waals surface area contributed by atoms with E-state index in [2.05, 4.69) is 34.8 Å². The first-order valence-electron chi connectivity index (χ1n) is 10.4. The van der Waals surface area contributed by atoms with E-state index in [1.165, 1.54) is 24.9 Å². The number of aromatic nitrogens is 1. The van der Waals surface area contributed by atoms with Gasteiger partial charge in [-0.3, -0.25) is 9.78 Å². The van der Waals surface area contributed by atoms with E-state index in [0.29, 0.717) is 41.8 Å². The van der Waals surface area contributed by atoms with Crippen LogP contribution in [0.25, 0.3) is 0 Å². The number of anilines is 1. The van der Waals surface area contributed by atoms with Crippen molar-refractivity contribution in [1.82, 2.24) is 15.6 Å². The van der Waals surface area contributed by atoms with Crippen molar-refractivity contribution in [3.05, 3.63) is 53.3 Å². The maximum absolute atomic E-state index is 12.6. The van der Waals surface area contributed by atoms with Gasteiger partial charge in [-0.15, -0.1) is 0 Å². The van der Waals surface area contributed by atoms with E-state index < -0.39 is 0 Å². The summed E-state index contributed by atoms with van der Waals surface area (Å²) in [6.07, 6.45) is 4.08. The minimum absolute atomic E-state index is 0.309. The Kier molecular flexibility index (Phi) is 7.77. The SMILES string of the molecule is CC(C)COc1cc(CNCC2CCNC2)cc(NC(=O)c2cncc(C#N)c2)c1. The molecule has 0 spiro atoms. The second-order valence-electron chi connectivity index (χ2n) is 8.09. The van der Waals surface area contributed by atoms with Gasteiger partial charge in [-0.2, -0.15) is 5.26 Å². The van der Waals surface area contributed by atoms with E-state index in [9.17, 15) is 4.79 Å². The monoisotopic (exact) mass is 407 g/mol. The van der Waals surface area contributed by atoms with Gasteiger partial charge in [0.2, 0.25) is 0 Å². The minimum atomic E-state index is -0.309. The van der Waals surface area contributed by atoms with Crippen LogP contribution in [0.1, 0.15) is 41.8 Å². The Morgan fingerprint density at radius 1 is 1.33 bits per heavy atom. The normalized spacial score (nSPS) is 15.7. The summed E-state index contributed by atoms with van der Waals surface area (Å²) in [6.45, 7) is 8.59. The molecule has 0 radical (unpaired) electrons. The Morgan fingerprint density at radius 3 is 2.93 bits per heavy atom. The molecule has 3 N–H and O–H groups in total. The lowest BCUT2D eigenvalue weighted by Gasteiger charge is -2.15. The van der Waals surface area contributed by atoms with Crippen LogP contribution in [0.4, 0.5) is 5.69 Å². The van der Waals surface area contributed by atoms with Gasteiger partial charge in [0.1, 0.15) is 11.8 Å². The third-order valence-corrected chi connectivity index (χ3v) is 4.86. The van der Waals surface area contributed by atoms with Crippen molar-refractivity contribution in [3.8, 4) is 11.8 Å². The van der Waals surface area contributed by atoms with Crippen LogP contribution < -0.4 is 20.7 Å². The van der Waals surface area contributed by atoms with Crippen LogP contribution in [0.5, 0.6) is 5.75 Å². The fourth-order valence-corrected chi connectivity index (χ4v) is 3.32. The first-order chi connectivity index (χ1) is 14.5. The molecule has 1 fully saturated rings. The Bertz CT molecular complexity index is 901. The fraction of sp³-hybridized carbons (Fsp3) is 0.435. The molecule has 0 saturated carbocycles. The molecule has 1 aromatic heterocycles. The third-order valence-electron chi connectivity index (χ3n) is 4.86. The van der Waals surface area contributed by atoms with Gasteiger partial charge in [-0.1, -0.05) is 13.8 Å². The van der Waals surface area contributed by atoms with Crippen molar-refractivity contribution in [2.45, 2.75) is 26.8 Å². The Morgan fingerprint density at radius 2 is 2.20 bits per heavy atom. The zero-order valence-electron chi connectivity index (χ0n) is 17.6.